The molecule has 48 heavy (non-hydrogen) atoms. The van der Waals surface area contributed by atoms with Crippen molar-refractivity contribution in [2.24, 2.45) is 0 Å². The van der Waals surface area contributed by atoms with Gasteiger partial charge in [-0.25, -0.2) is 0 Å². The number of fused-ring (bicyclic) bond motifs is 4. The second-order valence-corrected chi connectivity index (χ2v) is 12.1. The van der Waals surface area contributed by atoms with Crippen LogP contribution in [0.3, 0.4) is 0 Å². The highest BCUT2D eigenvalue weighted by Crippen LogP contribution is 2.45. The first-order valence-corrected chi connectivity index (χ1v) is 15.9. The summed E-state index contributed by atoms with van der Waals surface area (Å²) in [5.41, 5.74) is 9.90. The summed E-state index contributed by atoms with van der Waals surface area (Å²) in [5.74, 6) is 0. The summed E-state index contributed by atoms with van der Waals surface area (Å²) in [6.45, 7) is 0. The molecule has 0 aliphatic rings. The van der Waals surface area contributed by atoms with E-state index in [4.69, 9.17) is 0 Å². The Labute approximate surface area is 283 Å². The molecule has 0 fully saturated rings. The van der Waals surface area contributed by atoms with E-state index in [1.165, 1.54) is 87.6 Å². The maximum atomic E-state index is 2.39. The Morgan fingerprint density at radius 3 is 1.12 bits per heavy atom. The van der Waals surface area contributed by atoms with Crippen molar-refractivity contribution in [3.63, 3.8) is 0 Å². The van der Waals surface area contributed by atoms with Gasteiger partial charge in [-0.05, 0) is 118 Å². The molecule has 0 unspecified atom stereocenters. The van der Waals surface area contributed by atoms with Gasteiger partial charge in [0.15, 0.2) is 0 Å². The van der Waals surface area contributed by atoms with E-state index in [1.807, 2.05) is 0 Å². The van der Waals surface area contributed by atoms with Gasteiger partial charge >= 0.3 is 0 Å². The molecule has 0 heterocycles. The highest BCUT2D eigenvalue weighted by atomic mass is 14.2. The molecule has 0 heteroatoms. The minimum atomic E-state index is 0. The Balaban J connectivity index is 0.00000182. The van der Waals surface area contributed by atoms with Crippen molar-refractivity contribution < 1.29 is 0 Å². The number of hydrogen-bond donors (Lipinski definition) is 0. The Hall–Kier alpha value is -5.98. The summed E-state index contributed by atoms with van der Waals surface area (Å²) < 4.78 is 0. The van der Waals surface area contributed by atoms with Crippen LogP contribution in [-0.4, -0.2) is 0 Å². The van der Waals surface area contributed by atoms with E-state index in [-0.39, 0.29) is 14.9 Å². The van der Waals surface area contributed by atoms with Gasteiger partial charge in [-0.2, -0.15) is 0 Å². The van der Waals surface area contributed by atoms with E-state index in [9.17, 15) is 0 Å². The lowest BCUT2D eigenvalue weighted by Gasteiger charge is -2.19. The fraction of sp³-hybridized carbons (Fsp3) is 0.0417. The molecule has 0 saturated carbocycles. The van der Waals surface area contributed by atoms with Crippen LogP contribution in [0.2, 0.25) is 0 Å². The third-order valence-electron chi connectivity index (χ3n) is 9.38. The van der Waals surface area contributed by atoms with Gasteiger partial charge in [-0.3, -0.25) is 0 Å². The van der Waals surface area contributed by atoms with E-state index in [0.717, 1.165) is 0 Å². The molecule has 0 radical (unpaired) electrons. The molecule has 0 aromatic heterocycles. The standard InChI is InChI=1S/C46H30.2CH4/c1-2-12-31(13-3-1)38-28-39(36-24-22-32-14-4-6-16-34(32)26-36)30-40(29-38)46-43-20-10-8-18-41(43)45(42-19-9-11-21-44(42)46)37-25-23-33-15-5-7-17-35(33)27-37;;/h1-30H;2*1H4. The van der Waals surface area contributed by atoms with Crippen molar-refractivity contribution in [3.8, 4) is 44.5 Å². The summed E-state index contributed by atoms with van der Waals surface area (Å²) >= 11 is 0. The molecule has 0 spiro atoms. The van der Waals surface area contributed by atoms with Gasteiger partial charge in [0.25, 0.3) is 0 Å². The zero-order valence-electron chi connectivity index (χ0n) is 25.3. The van der Waals surface area contributed by atoms with Crippen LogP contribution in [-0.2, 0) is 0 Å². The van der Waals surface area contributed by atoms with Gasteiger partial charge in [0.1, 0.15) is 0 Å². The molecule has 0 amide bonds. The zero-order chi connectivity index (χ0) is 30.5. The number of rotatable bonds is 4. The summed E-state index contributed by atoms with van der Waals surface area (Å²) in [6, 6.07) is 66.7. The Morgan fingerprint density at radius 2 is 0.583 bits per heavy atom. The molecule has 0 bridgehead atoms. The first kappa shape index (κ1) is 30.7. The molecular formula is C48H38. The van der Waals surface area contributed by atoms with E-state index in [1.54, 1.807) is 0 Å². The first-order chi connectivity index (χ1) is 22.8. The van der Waals surface area contributed by atoms with Gasteiger partial charge in [0, 0.05) is 0 Å². The monoisotopic (exact) mass is 614 g/mol. The van der Waals surface area contributed by atoms with Crippen molar-refractivity contribution in [1.29, 1.82) is 0 Å². The molecule has 9 aromatic carbocycles. The van der Waals surface area contributed by atoms with Crippen LogP contribution in [0.1, 0.15) is 14.9 Å². The highest BCUT2D eigenvalue weighted by Gasteiger charge is 2.18. The molecule has 230 valence electrons. The topological polar surface area (TPSA) is 0 Å². The Bertz CT molecular complexity index is 2520. The van der Waals surface area contributed by atoms with Gasteiger partial charge in [0.05, 0.1) is 0 Å². The van der Waals surface area contributed by atoms with Crippen molar-refractivity contribution in [3.05, 3.63) is 182 Å². The fourth-order valence-corrected chi connectivity index (χ4v) is 7.20. The summed E-state index contributed by atoms with van der Waals surface area (Å²) in [7, 11) is 0. The third-order valence-corrected chi connectivity index (χ3v) is 9.38. The fourth-order valence-electron chi connectivity index (χ4n) is 7.20. The van der Waals surface area contributed by atoms with Gasteiger partial charge in [0.2, 0.25) is 0 Å². The summed E-state index contributed by atoms with van der Waals surface area (Å²) in [4.78, 5) is 0. The lowest BCUT2D eigenvalue weighted by Crippen LogP contribution is -1.92. The molecular weight excluding hydrogens is 577 g/mol. The summed E-state index contributed by atoms with van der Waals surface area (Å²) in [5, 5.41) is 10.1. The SMILES string of the molecule is C.C.c1ccc(-c2cc(-c3ccc4ccccc4c3)cc(-c3c4ccccc4c(-c4ccc5ccccc5c4)c4ccccc34)c2)cc1. The van der Waals surface area contributed by atoms with Gasteiger partial charge in [-0.1, -0.05) is 167 Å². The van der Waals surface area contributed by atoms with E-state index in [0.29, 0.717) is 0 Å². The van der Waals surface area contributed by atoms with E-state index >= 15 is 0 Å². The molecule has 9 aromatic rings. The van der Waals surface area contributed by atoms with Gasteiger partial charge < -0.3 is 0 Å². The second kappa shape index (κ2) is 12.7. The molecule has 0 aliphatic heterocycles. The lowest BCUT2D eigenvalue weighted by atomic mass is 9.84. The highest BCUT2D eigenvalue weighted by molar-refractivity contribution is 6.22. The average molecular weight is 615 g/mol. The van der Waals surface area contributed by atoms with E-state index in [2.05, 4.69) is 182 Å². The maximum absolute atomic E-state index is 2.39. The minimum Gasteiger partial charge on any atom is -0.0776 e. The van der Waals surface area contributed by atoms with Crippen molar-refractivity contribution in [2.45, 2.75) is 14.9 Å². The molecule has 0 N–H and O–H groups in total. The quantitative estimate of drug-likeness (QED) is 0.173. The van der Waals surface area contributed by atoms with Crippen LogP contribution in [0, 0.1) is 0 Å². The predicted molar refractivity (Wildman–Crippen MR) is 212 cm³/mol. The van der Waals surface area contributed by atoms with E-state index < -0.39 is 0 Å². The van der Waals surface area contributed by atoms with Crippen LogP contribution in [0.5, 0.6) is 0 Å². The predicted octanol–water partition coefficient (Wildman–Crippen LogP) is 14.2. The second-order valence-electron chi connectivity index (χ2n) is 12.1. The summed E-state index contributed by atoms with van der Waals surface area (Å²) in [6.07, 6.45) is 0. The third kappa shape index (κ3) is 5.22. The molecule has 0 atom stereocenters. The first-order valence-electron chi connectivity index (χ1n) is 15.9. The number of benzene rings is 9. The smallest absolute Gasteiger partial charge is 0.00259 e. The van der Waals surface area contributed by atoms with Crippen LogP contribution < -0.4 is 0 Å². The molecule has 0 saturated heterocycles. The lowest BCUT2D eigenvalue weighted by molar-refractivity contribution is 1.59. The van der Waals surface area contributed by atoms with Gasteiger partial charge in [-0.15, -0.1) is 0 Å². The van der Waals surface area contributed by atoms with Crippen molar-refractivity contribution in [1.82, 2.24) is 0 Å². The maximum Gasteiger partial charge on any atom is -0.00259 e. The van der Waals surface area contributed by atoms with Crippen molar-refractivity contribution in [2.75, 3.05) is 0 Å². The zero-order valence-corrected chi connectivity index (χ0v) is 25.3. The Morgan fingerprint density at radius 1 is 0.208 bits per heavy atom. The van der Waals surface area contributed by atoms with Crippen LogP contribution >= 0.6 is 0 Å². The largest absolute Gasteiger partial charge is 0.0776 e. The van der Waals surface area contributed by atoms with Crippen molar-refractivity contribution >= 4 is 43.1 Å². The normalized spacial score (nSPS) is 11.0. The number of hydrogen-bond acceptors (Lipinski definition) is 0. The molecule has 9 rings (SSSR count). The minimum absolute atomic E-state index is 0. The molecule has 0 aliphatic carbocycles. The molecule has 0 nitrogen and oxygen atoms in total. The van der Waals surface area contributed by atoms with Crippen LogP contribution in [0.15, 0.2) is 182 Å². The Kier molecular flexibility index (Phi) is 8.09. The van der Waals surface area contributed by atoms with Crippen LogP contribution in [0.25, 0.3) is 87.6 Å². The average Bonchev–Trinajstić information content (AvgIpc) is 3.13. The van der Waals surface area contributed by atoms with Crippen LogP contribution in [0.4, 0.5) is 0 Å².